The second-order valence-corrected chi connectivity index (χ2v) is 7.80. The van der Waals surface area contributed by atoms with Crippen molar-refractivity contribution >= 4 is 44.5 Å². The minimum Gasteiger partial charge on any atom is -0.469 e. The first-order valence-corrected chi connectivity index (χ1v) is 10.5. The van der Waals surface area contributed by atoms with E-state index in [0.717, 1.165) is 26.4 Å². The molecule has 3 aromatic carbocycles. The molecule has 7 heteroatoms. The molecule has 0 aliphatic heterocycles. The van der Waals surface area contributed by atoms with Crippen molar-refractivity contribution in [2.75, 3.05) is 14.2 Å². The lowest BCUT2D eigenvalue weighted by molar-refractivity contribution is -0.144. The van der Waals surface area contributed by atoms with E-state index in [4.69, 9.17) is 4.74 Å². The number of benzene rings is 3. The highest BCUT2D eigenvalue weighted by molar-refractivity contribution is 9.10. The first-order chi connectivity index (χ1) is 14.9. The minimum atomic E-state index is -0.972. The fourth-order valence-corrected chi connectivity index (χ4v) is 3.75. The molecule has 0 unspecified atom stereocenters. The lowest BCUT2D eigenvalue weighted by Gasteiger charge is -2.18. The van der Waals surface area contributed by atoms with Crippen molar-refractivity contribution in [1.29, 1.82) is 0 Å². The molecule has 3 aromatic rings. The zero-order chi connectivity index (χ0) is 22.4. The van der Waals surface area contributed by atoms with Gasteiger partial charge < -0.3 is 14.8 Å². The molecule has 0 spiro atoms. The number of methoxy groups -OCH3 is 2. The molecular formula is C24H22BrNO5. The van der Waals surface area contributed by atoms with Gasteiger partial charge in [0, 0.05) is 16.5 Å². The molecule has 0 saturated carbocycles. The largest absolute Gasteiger partial charge is 0.469 e. The average molecular weight is 484 g/mol. The Morgan fingerprint density at radius 2 is 1.68 bits per heavy atom. The first-order valence-electron chi connectivity index (χ1n) is 9.67. The lowest BCUT2D eigenvalue weighted by atomic mass is 9.94. The number of halogens is 1. The van der Waals surface area contributed by atoms with E-state index < -0.39 is 23.9 Å². The van der Waals surface area contributed by atoms with E-state index in [1.165, 1.54) is 14.2 Å². The van der Waals surface area contributed by atoms with Crippen molar-refractivity contribution in [2.45, 2.75) is 18.9 Å². The Kier molecular flexibility index (Phi) is 7.41. The molecule has 0 fully saturated rings. The first kappa shape index (κ1) is 22.5. The Labute approximate surface area is 188 Å². The Morgan fingerprint density at radius 1 is 0.935 bits per heavy atom. The van der Waals surface area contributed by atoms with Crippen LogP contribution in [0.3, 0.4) is 0 Å². The molecule has 1 amide bonds. The highest BCUT2D eigenvalue weighted by atomic mass is 79.9. The number of hydrogen-bond acceptors (Lipinski definition) is 5. The van der Waals surface area contributed by atoms with Gasteiger partial charge in [0.25, 0.3) is 5.91 Å². The number of esters is 2. The summed E-state index contributed by atoms with van der Waals surface area (Å²) in [5, 5.41) is 4.76. The van der Waals surface area contributed by atoms with Crippen molar-refractivity contribution in [2.24, 2.45) is 0 Å². The van der Waals surface area contributed by atoms with E-state index in [9.17, 15) is 14.4 Å². The predicted molar refractivity (Wildman–Crippen MR) is 122 cm³/mol. The van der Waals surface area contributed by atoms with Gasteiger partial charge in [0.2, 0.25) is 0 Å². The van der Waals surface area contributed by atoms with Crippen LogP contribution < -0.4 is 5.32 Å². The van der Waals surface area contributed by atoms with E-state index >= 15 is 0 Å². The zero-order valence-corrected chi connectivity index (χ0v) is 18.8. The SMILES string of the molecule is COC(=O)CC[C@@H](NC(=O)c1ccc(Br)cc1-c1cccc2ccccc12)C(=O)OC. The normalized spacial score (nSPS) is 11.6. The van der Waals surface area contributed by atoms with Gasteiger partial charge in [-0.05, 0) is 46.5 Å². The van der Waals surface area contributed by atoms with Crippen LogP contribution in [-0.2, 0) is 19.1 Å². The third kappa shape index (κ3) is 5.30. The van der Waals surface area contributed by atoms with Crippen molar-refractivity contribution in [3.63, 3.8) is 0 Å². The van der Waals surface area contributed by atoms with Crippen LogP contribution in [0.4, 0.5) is 0 Å². The third-order valence-electron chi connectivity index (χ3n) is 4.96. The Balaban J connectivity index is 1.98. The molecule has 0 aromatic heterocycles. The quantitative estimate of drug-likeness (QED) is 0.500. The number of rotatable bonds is 7. The molecule has 0 heterocycles. The predicted octanol–water partition coefficient (Wildman–Crippen LogP) is 4.49. The molecule has 1 atom stereocenters. The van der Waals surface area contributed by atoms with E-state index in [1.54, 1.807) is 12.1 Å². The van der Waals surface area contributed by atoms with Gasteiger partial charge in [-0.25, -0.2) is 4.79 Å². The second-order valence-electron chi connectivity index (χ2n) is 6.88. The summed E-state index contributed by atoms with van der Waals surface area (Å²) in [4.78, 5) is 36.8. The summed E-state index contributed by atoms with van der Waals surface area (Å²) in [6.07, 6.45) is 0.0538. The van der Waals surface area contributed by atoms with Crippen molar-refractivity contribution in [3.05, 3.63) is 70.7 Å². The highest BCUT2D eigenvalue weighted by Crippen LogP contribution is 2.33. The fraction of sp³-hybridized carbons (Fsp3) is 0.208. The third-order valence-corrected chi connectivity index (χ3v) is 5.46. The van der Waals surface area contributed by atoms with E-state index in [2.05, 4.69) is 26.0 Å². The highest BCUT2D eigenvalue weighted by Gasteiger charge is 2.25. The molecule has 3 rings (SSSR count). The molecule has 0 aliphatic carbocycles. The Morgan fingerprint density at radius 3 is 2.42 bits per heavy atom. The number of nitrogens with one attached hydrogen (secondary N) is 1. The zero-order valence-electron chi connectivity index (χ0n) is 17.2. The van der Waals surface area contributed by atoms with Crippen LogP contribution in [0.5, 0.6) is 0 Å². The minimum absolute atomic E-state index is 0.0208. The summed E-state index contributed by atoms with van der Waals surface area (Å²) < 4.78 is 10.2. The molecule has 31 heavy (non-hydrogen) atoms. The number of hydrogen-bond donors (Lipinski definition) is 1. The smallest absolute Gasteiger partial charge is 0.328 e. The van der Waals surface area contributed by atoms with Gasteiger partial charge >= 0.3 is 11.9 Å². The van der Waals surface area contributed by atoms with E-state index in [1.807, 2.05) is 48.5 Å². The monoisotopic (exact) mass is 483 g/mol. The average Bonchev–Trinajstić information content (AvgIpc) is 2.80. The lowest BCUT2D eigenvalue weighted by Crippen LogP contribution is -2.42. The molecule has 1 N–H and O–H groups in total. The van der Waals surface area contributed by atoms with Crippen LogP contribution in [0.2, 0.25) is 0 Å². The van der Waals surface area contributed by atoms with Gasteiger partial charge in [0.15, 0.2) is 0 Å². The molecule has 0 aliphatic rings. The topological polar surface area (TPSA) is 81.7 Å². The summed E-state index contributed by atoms with van der Waals surface area (Å²) >= 11 is 3.48. The van der Waals surface area contributed by atoms with Crippen LogP contribution in [-0.4, -0.2) is 38.1 Å². The number of fused-ring (bicyclic) bond motifs is 1. The number of carbonyl (C=O) groups is 3. The number of carbonyl (C=O) groups excluding carboxylic acids is 3. The maximum Gasteiger partial charge on any atom is 0.328 e. The summed E-state index contributed by atoms with van der Waals surface area (Å²) in [6, 6.07) is 18.2. The molecule has 0 bridgehead atoms. The maximum atomic E-state index is 13.2. The van der Waals surface area contributed by atoms with Gasteiger partial charge in [-0.15, -0.1) is 0 Å². The molecule has 160 valence electrons. The second kappa shape index (κ2) is 10.2. The van der Waals surface area contributed by atoms with Crippen molar-refractivity contribution in [3.8, 4) is 11.1 Å². The van der Waals surface area contributed by atoms with E-state index in [0.29, 0.717) is 5.56 Å². The van der Waals surface area contributed by atoms with Crippen LogP contribution in [0, 0.1) is 0 Å². The standard InChI is InChI=1S/C24H22BrNO5/c1-30-22(27)13-12-21(24(29)31-2)26-23(28)19-11-10-16(25)14-20(19)18-9-5-7-15-6-3-4-8-17(15)18/h3-11,14,21H,12-13H2,1-2H3,(H,26,28)/t21-/m1/s1. The van der Waals surface area contributed by atoms with Gasteiger partial charge in [-0.2, -0.15) is 0 Å². The van der Waals surface area contributed by atoms with Crippen LogP contribution >= 0.6 is 15.9 Å². The fourth-order valence-electron chi connectivity index (χ4n) is 3.39. The Bertz CT molecular complexity index is 1120. The van der Waals surface area contributed by atoms with Crippen LogP contribution in [0.1, 0.15) is 23.2 Å². The van der Waals surface area contributed by atoms with Crippen LogP contribution in [0.25, 0.3) is 21.9 Å². The Hall–Kier alpha value is -3.19. The van der Waals surface area contributed by atoms with Gasteiger partial charge in [-0.3, -0.25) is 9.59 Å². The molecular weight excluding hydrogens is 462 g/mol. The number of amides is 1. The van der Waals surface area contributed by atoms with E-state index in [-0.39, 0.29) is 12.8 Å². The van der Waals surface area contributed by atoms with Crippen molar-refractivity contribution < 1.29 is 23.9 Å². The van der Waals surface area contributed by atoms with Gasteiger partial charge in [-0.1, -0.05) is 58.4 Å². The van der Waals surface area contributed by atoms with Gasteiger partial charge in [0.05, 0.1) is 14.2 Å². The summed E-state index contributed by atoms with van der Waals surface area (Å²) in [7, 11) is 2.51. The maximum absolute atomic E-state index is 13.2. The molecule has 6 nitrogen and oxygen atoms in total. The molecule has 0 saturated heterocycles. The summed E-state index contributed by atoms with van der Waals surface area (Å²) in [5.74, 6) is -1.53. The summed E-state index contributed by atoms with van der Waals surface area (Å²) in [6.45, 7) is 0. The van der Waals surface area contributed by atoms with Crippen molar-refractivity contribution in [1.82, 2.24) is 5.32 Å². The number of ether oxygens (including phenoxy) is 2. The summed E-state index contributed by atoms with van der Waals surface area (Å²) in [5.41, 5.74) is 2.03. The van der Waals surface area contributed by atoms with Crippen LogP contribution in [0.15, 0.2) is 65.1 Å². The van der Waals surface area contributed by atoms with Gasteiger partial charge in [0.1, 0.15) is 6.04 Å². The molecule has 0 radical (unpaired) electrons.